The number of nitrogens with two attached hydrogens (primary N) is 1. The summed E-state index contributed by atoms with van der Waals surface area (Å²) < 4.78 is 5.43. The molecule has 1 aliphatic rings. The van der Waals surface area contributed by atoms with Crippen LogP contribution >= 0.6 is 11.6 Å². The van der Waals surface area contributed by atoms with Crippen molar-refractivity contribution in [3.8, 4) is 0 Å². The summed E-state index contributed by atoms with van der Waals surface area (Å²) in [6, 6.07) is 6.45. The number of hydrogen-bond donors (Lipinski definition) is 2. The van der Waals surface area contributed by atoms with E-state index in [4.69, 9.17) is 22.1 Å². The third-order valence-electron chi connectivity index (χ3n) is 5.03. The minimum atomic E-state index is -0.963. The van der Waals surface area contributed by atoms with Crippen molar-refractivity contribution in [1.29, 1.82) is 0 Å². The fourth-order valence-electron chi connectivity index (χ4n) is 3.65. The SMILES string of the molecule is COC1CCC(C)([C@H](c2ccc(Cl)cc2)[C@H](N)C(=O)O)CC1. The second kappa shape index (κ2) is 6.99. The lowest BCUT2D eigenvalue weighted by atomic mass is 9.62. The average molecular weight is 326 g/mol. The highest BCUT2D eigenvalue weighted by Crippen LogP contribution is 2.48. The molecule has 1 aromatic rings. The maximum absolute atomic E-state index is 11.5. The van der Waals surface area contributed by atoms with E-state index in [1.807, 2.05) is 12.1 Å². The van der Waals surface area contributed by atoms with Crippen molar-refractivity contribution in [2.45, 2.75) is 50.7 Å². The van der Waals surface area contributed by atoms with Gasteiger partial charge in [0, 0.05) is 18.1 Å². The summed E-state index contributed by atoms with van der Waals surface area (Å²) in [6.45, 7) is 2.14. The van der Waals surface area contributed by atoms with Crippen LogP contribution in [-0.2, 0) is 9.53 Å². The van der Waals surface area contributed by atoms with Crippen LogP contribution in [0, 0.1) is 5.41 Å². The fraction of sp³-hybridized carbons (Fsp3) is 0.588. The summed E-state index contributed by atoms with van der Waals surface area (Å²) in [5, 5.41) is 10.1. The van der Waals surface area contributed by atoms with E-state index < -0.39 is 12.0 Å². The van der Waals surface area contributed by atoms with E-state index in [1.165, 1.54) is 0 Å². The van der Waals surface area contributed by atoms with E-state index >= 15 is 0 Å². The molecule has 0 spiro atoms. The summed E-state index contributed by atoms with van der Waals surface area (Å²) in [6.07, 6.45) is 3.94. The lowest BCUT2D eigenvalue weighted by molar-refractivity contribution is -0.140. The van der Waals surface area contributed by atoms with Crippen molar-refractivity contribution in [1.82, 2.24) is 0 Å². The number of halogens is 1. The predicted octanol–water partition coefficient (Wildman–Crippen LogP) is 3.43. The number of carboxylic acid groups (broad SMARTS) is 1. The van der Waals surface area contributed by atoms with Crippen LogP contribution in [0.25, 0.3) is 0 Å². The molecule has 122 valence electrons. The summed E-state index contributed by atoms with van der Waals surface area (Å²) in [7, 11) is 1.73. The molecule has 1 fully saturated rings. The number of methoxy groups -OCH3 is 1. The zero-order valence-electron chi connectivity index (χ0n) is 13.1. The predicted molar refractivity (Wildman–Crippen MR) is 87.2 cm³/mol. The number of carbonyl (C=O) groups is 1. The molecule has 0 aromatic heterocycles. The van der Waals surface area contributed by atoms with Gasteiger partial charge in [-0.1, -0.05) is 30.7 Å². The quantitative estimate of drug-likeness (QED) is 0.870. The van der Waals surface area contributed by atoms with E-state index in [2.05, 4.69) is 6.92 Å². The van der Waals surface area contributed by atoms with Gasteiger partial charge in [0.1, 0.15) is 6.04 Å². The second-order valence-corrected chi connectivity index (χ2v) is 6.92. The highest BCUT2D eigenvalue weighted by Gasteiger charge is 2.43. The molecule has 1 aromatic carbocycles. The fourth-order valence-corrected chi connectivity index (χ4v) is 3.78. The Bertz CT molecular complexity index is 509. The monoisotopic (exact) mass is 325 g/mol. The van der Waals surface area contributed by atoms with Crippen molar-refractivity contribution in [2.24, 2.45) is 11.1 Å². The zero-order valence-corrected chi connectivity index (χ0v) is 13.8. The average Bonchev–Trinajstić information content (AvgIpc) is 2.50. The topological polar surface area (TPSA) is 72.5 Å². The third-order valence-corrected chi connectivity index (χ3v) is 5.28. The minimum Gasteiger partial charge on any atom is -0.480 e. The normalized spacial score (nSPS) is 28.1. The van der Waals surface area contributed by atoms with Gasteiger partial charge >= 0.3 is 5.97 Å². The molecular formula is C17H24ClNO3. The molecule has 2 rings (SSSR count). The molecule has 2 atom stereocenters. The minimum absolute atomic E-state index is 0.152. The van der Waals surface area contributed by atoms with Crippen LogP contribution < -0.4 is 5.73 Å². The number of hydrogen-bond acceptors (Lipinski definition) is 3. The van der Waals surface area contributed by atoms with Crippen molar-refractivity contribution in [3.63, 3.8) is 0 Å². The molecule has 0 bridgehead atoms. The molecule has 1 saturated carbocycles. The molecule has 0 aliphatic heterocycles. The van der Waals surface area contributed by atoms with Gasteiger partial charge in [-0.05, 0) is 48.8 Å². The Morgan fingerprint density at radius 2 is 1.91 bits per heavy atom. The summed E-state index contributed by atoms with van der Waals surface area (Å²) in [4.78, 5) is 11.5. The summed E-state index contributed by atoms with van der Waals surface area (Å²) >= 11 is 5.95. The second-order valence-electron chi connectivity index (χ2n) is 6.48. The first-order chi connectivity index (χ1) is 10.4. The first kappa shape index (κ1) is 17.3. The Kier molecular flexibility index (Phi) is 5.48. The molecule has 0 amide bonds. The Balaban J connectivity index is 2.32. The van der Waals surface area contributed by atoms with Crippen LogP contribution in [0.15, 0.2) is 24.3 Å². The smallest absolute Gasteiger partial charge is 0.321 e. The first-order valence-electron chi connectivity index (χ1n) is 7.64. The Morgan fingerprint density at radius 3 is 2.36 bits per heavy atom. The van der Waals surface area contributed by atoms with Gasteiger partial charge < -0.3 is 15.6 Å². The van der Waals surface area contributed by atoms with Gasteiger partial charge in [-0.25, -0.2) is 0 Å². The number of aliphatic carboxylic acids is 1. The van der Waals surface area contributed by atoms with E-state index in [-0.39, 0.29) is 17.4 Å². The van der Waals surface area contributed by atoms with Crippen LogP contribution in [0.5, 0.6) is 0 Å². The first-order valence-corrected chi connectivity index (χ1v) is 8.02. The van der Waals surface area contributed by atoms with Gasteiger partial charge in [-0.15, -0.1) is 0 Å². The van der Waals surface area contributed by atoms with Crippen LogP contribution in [0.4, 0.5) is 0 Å². The van der Waals surface area contributed by atoms with Crippen LogP contribution in [0.2, 0.25) is 5.02 Å². The van der Waals surface area contributed by atoms with E-state index in [9.17, 15) is 9.90 Å². The van der Waals surface area contributed by atoms with Gasteiger partial charge in [-0.3, -0.25) is 4.79 Å². The molecule has 1 aliphatic carbocycles. The number of rotatable bonds is 5. The lowest BCUT2D eigenvalue weighted by Crippen LogP contribution is -2.46. The molecule has 22 heavy (non-hydrogen) atoms. The molecule has 5 heteroatoms. The summed E-state index contributed by atoms with van der Waals surface area (Å²) in [5.41, 5.74) is 6.84. The van der Waals surface area contributed by atoms with E-state index in [0.29, 0.717) is 5.02 Å². The molecule has 0 heterocycles. The molecule has 3 N–H and O–H groups in total. The van der Waals surface area contributed by atoms with Crippen molar-refractivity contribution in [2.75, 3.05) is 7.11 Å². The maximum Gasteiger partial charge on any atom is 0.321 e. The highest BCUT2D eigenvalue weighted by atomic mass is 35.5. The Morgan fingerprint density at radius 1 is 1.36 bits per heavy atom. The third kappa shape index (κ3) is 3.62. The molecular weight excluding hydrogens is 302 g/mol. The maximum atomic E-state index is 11.5. The Hall–Kier alpha value is -1.10. The standard InChI is InChI=1S/C17H24ClNO3/c1-17(9-7-13(22-2)8-10-17)14(15(19)16(20)21)11-3-5-12(18)6-4-11/h3-6,13-15H,7-10,19H2,1-2H3,(H,20,21)/t13?,14-,15+,17?/m1/s1. The number of carboxylic acids is 1. The number of benzene rings is 1. The van der Waals surface area contributed by atoms with Gasteiger partial charge in [-0.2, -0.15) is 0 Å². The van der Waals surface area contributed by atoms with Gasteiger partial charge in [0.2, 0.25) is 0 Å². The highest BCUT2D eigenvalue weighted by molar-refractivity contribution is 6.30. The molecule has 0 unspecified atom stereocenters. The number of ether oxygens (including phenoxy) is 1. The molecule has 4 nitrogen and oxygen atoms in total. The Labute approximate surface area is 136 Å². The van der Waals surface area contributed by atoms with Crippen molar-refractivity contribution < 1.29 is 14.6 Å². The van der Waals surface area contributed by atoms with E-state index in [1.54, 1.807) is 19.2 Å². The van der Waals surface area contributed by atoms with Crippen molar-refractivity contribution in [3.05, 3.63) is 34.9 Å². The molecule has 0 radical (unpaired) electrons. The van der Waals surface area contributed by atoms with Crippen molar-refractivity contribution >= 4 is 17.6 Å². The summed E-state index contributed by atoms with van der Waals surface area (Å²) in [5.74, 6) is -1.20. The van der Waals surface area contributed by atoms with Gasteiger partial charge in [0.15, 0.2) is 0 Å². The van der Waals surface area contributed by atoms with Crippen LogP contribution in [-0.4, -0.2) is 30.3 Å². The van der Waals surface area contributed by atoms with Crippen LogP contribution in [0.3, 0.4) is 0 Å². The van der Waals surface area contributed by atoms with Crippen LogP contribution in [0.1, 0.15) is 44.1 Å². The van der Waals surface area contributed by atoms with E-state index in [0.717, 1.165) is 31.2 Å². The largest absolute Gasteiger partial charge is 0.480 e. The van der Waals surface area contributed by atoms with Gasteiger partial charge in [0.05, 0.1) is 6.10 Å². The van der Waals surface area contributed by atoms with Gasteiger partial charge in [0.25, 0.3) is 0 Å². The zero-order chi connectivity index (χ0) is 16.3. The lowest BCUT2D eigenvalue weighted by Gasteiger charge is -2.44. The molecule has 0 saturated heterocycles.